The van der Waals surface area contributed by atoms with Gasteiger partial charge in [-0.2, -0.15) is 0 Å². The standard InChI is InChI=1S/C100H94N4/c1-71-14-12-18-92(61-71)90-38-27-82(28-39-90)66-103(69-95-32-21-74(4)59-77(95)7)99-54-46-87(47-55-99)85-36-25-81(26-37-85)65-102(68-94-31-20-73(3)58-76(94)6)98-52-44-86(45-53-98)84-34-23-80(24-35-84)64-101(63-79-16-10-9-11-17-79)97-50-42-88(43-51-97)89-48-56-100(57-49-89)104(70-96-33-22-75(5)60-78(96)8)67-83-29-40-91(41-30-83)93-19-13-15-72(2)62-93/h9-62H,63-70H2,1-8H3. The summed E-state index contributed by atoms with van der Waals surface area (Å²) >= 11 is 0. The van der Waals surface area contributed by atoms with Crippen LogP contribution in [0.2, 0.25) is 0 Å². The van der Waals surface area contributed by atoms with E-state index < -0.39 is 0 Å². The van der Waals surface area contributed by atoms with Gasteiger partial charge in [-0.3, -0.25) is 0 Å². The van der Waals surface area contributed by atoms with Crippen LogP contribution >= 0.6 is 0 Å². The van der Waals surface area contributed by atoms with Gasteiger partial charge in [-0.05, 0) is 221 Å². The summed E-state index contributed by atoms with van der Waals surface area (Å²) in [5, 5.41) is 0. The highest BCUT2D eigenvalue weighted by atomic mass is 15.1. The molecule has 0 unspecified atom stereocenters. The van der Waals surface area contributed by atoms with E-state index in [1.165, 1.54) is 167 Å². The Balaban J connectivity index is 0.652. The van der Waals surface area contributed by atoms with Crippen molar-refractivity contribution in [3.05, 3.63) is 417 Å². The van der Waals surface area contributed by atoms with Crippen molar-refractivity contribution in [2.24, 2.45) is 0 Å². The summed E-state index contributed by atoms with van der Waals surface area (Å²) < 4.78 is 0. The lowest BCUT2D eigenvalue weighted by Crippen LogP contribution is -2.22. The van der Waals surface area contributed by atoms with Crippen LogP contribution in [-0.2, 0) is 52.4 Å². The third kappa shape index (κ3) is 17.4. The van der Waals surface area contributed by atoms with Crippen LogP contribution in [0.1, 0.15) is 89.0 Å². The number of rotatable bonds is 25. The number of benzene rings is 14. The van der Waals surface area contributed by atoms with E-state index in [0.717, 1.165) is 52.4 Å². The van der Waals surface area contributed by atoms with Gasteiger partial charge >= 0.3 is 0 Å². The summed E-state index contributed by atoms with van der Waals surface area (Å²) in [6.45, 7) is 23.9. The lowest BCUT2D eigenvalue weighted by molar-refractivity contribution is 0.795. The zero-order valence-electron chi connectivity index (χ0n) is 61.6. The highest BCUT2D eigenvalue weighted by Gasteiger charge is 2.18. The van der Waals surface area contributed by atoms with E-state index >= 15 is 0 Å². The van der Waals surface area contributed by atoms with Gasteiger partial charge in [0.05, 0.1) is 0 Å². The fourth-order valence-electron chi connectivity index (χ4n) is 14.6. The molecule has 0 aliphatic rings. The summed E-state index contributed by atoms with van der Waals surface area (Å²) in [4.78, 5) is 10.0. The van der Waals surface area contributed by atoms with Crippen LogP contribution in [-0.4, -0.2) is 0 Å². The molecule has 4 nitrogen and oxygen atoms in total. The average molecular weight is 1350 g/mol. The minimum absolute atomic E-state index is 0.771. The molecule has 0 spiro atoms. The number of nitrogens with zero attached hydrogens (tertiary/aromatic N) is 4. The Labute approximate surface area is 618 Å². The average Bonchev–Trinajstić information content (AvgIpc) is 0.827. The van der Waals surface area contributed by atoms with Crippen molar-refractivity contribution in [2.75, 3.05) is 19.6 Å². The molecule has 0 aliphatic heterocycles. The first-order valence-corrected chi connectivity index (χ1v) is 36.8. The van der Waals surface area contributed by atoms with Gasteiger partial charge in [-0.15, -0.1) is 0 Å². The third-order valence-electron chi connectivity index (χ3n) is 20.7. The topological polar surface area (TPSA) is 13.0 Å². The normalized spacial score (nSPS) is 11.2. The number of anilines is 4. The highest BCUT2D eigenvalue weighted by Crippen LogP contribution is 2.35. The van der Waals surface area contributed by atoms with E-state index in [-0.39, 0.29) is 0 Å². The SMILES string of the molecule is Cc1cccc(-c2ccc(CN(Cc3ccc(C)cc3C)c3ccc(-c4ccc(CN(Cc5ccc(C)cc5C)c5ccc(-c6ccc(CN(Cc7ccccc7)c7ccc(-c8ccc(N(Cc9ccc(-c%10cccc(C)c%10)cc9)Cc9ccc(C)cc9C)cc8)cc7)cc6)cc5)cc4)cc3)cc2)c1. The molecule has 514 valence electrons. The van der Waals surface area contributed by atoms with Crippen molar-refractivity contribution in [3.63, 3.8) is 0 Å². The Bertz CT molecular complexity index is 5170. The first kappa shape index (κ1) is 69.4. The Morgan fingerprint density at radius 3 is 0.635 bits per heavy atom. The van der Waals surface area contributed by atoms with Gasteiger partial charge in [0.2, 0.25) is 0 Å². The highest BCUT2D eigenvalue weighted by molar-refractivity contribution is 5.72. The van der Waals surface area contributed by atoms with E-state index in [4.69, 9.17) is 0 Å². The van der Waals surface area contributed by atoms with E-state index in [1.807, 2.05) is 0 Å². The third-order valence-corrected chi connectivity index (χ3v) is 20.7. The number of hydrogen-bond acceptors (Lipinski definition) is 4. The molecule has 0 heterocycles. The monoisotopic (exact) mass is 1350 g/mol. The summed E-state index contributed by atoms with van der Waals surface area (Å²) in [5.74, 6) is 0. The fourth-order valence-corrected chi connectivity index (χ4v) is 14.6. The van der Waals surface area contributed by atoms with Crippen molar-refractivity contribution in [3.8, 4) is 55.6 Å². The van der Waals surface area contributed by atoms with E-state index in [1.54, 1.807) is 0 Å². The van der Waals surface area contributed by atoms with Crippen LogP contribution in [0.25, 0.3) is 55.6 Å². The van der Waals surface area contributed by atoms with E-state index in [9.17, 15) is 0 Å². The van der Waals surface area contributed by atoms with E-state index in [2.05, 4.69) is 403 Å². The van der Waals surface area contributed by atoms with Crippen molar-refractivity contribution in [2.45, 2.75) is 108 Å². The Kier molecular flexibility index (Phi) is 21.4. The molecule has 0 saturated heterocycles. The van der Waals surface area contributed by atoms with Crippen LogP contribution in [0.4, 0.5) is 22.7 Å². The van der Waals surface area contributed by atoms with E-state index in [0.29, 0.717) is 0 Å². The maximum atomic E-state index is 2.52. The molecule has 0 N–H and O–H groups in total. The number of hydrogen-bond donors (Lipinski definition) is 0. The minimum Gasteiger partial charge on any atom is -0.363 e. The smallest absolute Gasteiger partial charge is 0.0435 e. The molecule has 14 aromatic rings. The Hall–Kier alpha value is -11.7. The Morgan fingerprint density at radius 2 is 0.385 bits per heavy atom. The molecule has 0 aromatic heterocycles. The first-order chi connectivity index (χ1) is 50.7. The summed E-state index contributed by atoms with van der Waals surface area (Å²) in [6.07, 6.45) is 0. The van der Waals surface area contributed by atoms with Gasteiger partial charge in [0.15, 0.2) is 0 Å². The molecule has 14 rings (SSSR count). The second-order valence-electron chi connectivity index (χ2n) is 28.9. The molecule has 0 saturated carbocycles. The zero-order valence-corrected chi connectivity index (χ0v) is 61.6. The predicted octanol–water partition coefficient (Wildman–Crippen LogP) is 25.3. The molecular weight excluding hydrogens is 1260 g/mol. The summed E-state index contributed by atoms with van der Waals surface area (Å²) in [5.41, 5.74) is 37.8. The molecular formula is C100H94N4. The van der Waals surface area contributed by atoms with Crippen LogP contribution in [0, 0.1) is 55.4 Å². The van der Waals surface area contributed by atoms with Crippen LogP contribution < -0.4 is 19.6 Å². The summed E-state index contributed by atoms with van der Waals surface area (Å²) in [7, 11) is 0. The summed E-state index contributed by atoms with van der Waals surface area (Å²) in [6, 6.07) is 122. The molecule has 4 heteroatoms. The zero-order chi connectivity index (χ0) is 71.5. The van der Waals surface area contributed by atoms with Crippen molar-refractivity contribution >= 4 is 22.7 Å². The van der Waals surface area contributed by atoms with Crippen LogP contribution in [0.15, 0.2) is 328 Å². The molecule has 0 bridgehead atoms. The van der Waals surface area contributed by atoms with Crippen molar-refractivity contribution in [1.82, 2.24) is 0 Å². The predicted molar refractivity (Wildman–Crippen MR) is 443 cm³/mol. The Morgan fingerprint density at radius 1 is 0.163 bits per heavy atom. The van der Waals surface area contributed by atoms with Crippen LogP contribution in [0.3, 0.4) is 0 Å². The maximum absolute atomic E-state index is 2.52. The second kappa shape index (κ2) is 32.1. The molecule has 0 radical (unpaired) electrons. The van der Waals surface area contributed by atoms with Gasteiger partial charge in [0.1, 0.15) is 0 Å². The van der Waals surface area contributed by atoms with Crippen molar-refractivity contribution < 1.29 is 0 Å². The van der Waals surface area contributed by atoms with Gasteiger partial charge < -0.3 is 19.6 Å². The fraction of sp³-hybridized carbons (Fsp3) is 0.160. The number of aryl methyl sites for hydroxylation is 8. The molecule has 0 atom stereocenters. The molecule has 0 amide bonds. The van der Waals surface area contributed by atoms with Gasteiger partial charge in [-0.1, -0.05) is 307 Å². The lowest BCUT2D eigenvalue weighted by Gasteiger charge is -2.27. The molecule has 104 heavy (non-hydrogen) atoms. The maximum Gasteiger partial charge on any atom is 0.0435 e. The first-order valence-electron chi connectivity index (χ1n) is 36.8. The quantitative estimate of drug-likeness (QED) is 0.0565. The molecule has 14 aromatic carbocycles. The van der Waals surface area contributed by atoms with Gasteiger partial charge in [0, 0.05) is 75.1 Å². The molecule has 0 fully saturated rings. The minimum atomic E-state index is 0.771. The molecule has 0 aliphatic carbocycles. The lowest BCUT2D eigenvalue weighted by atomic mass is 10.0. The van der Waals surface area contributed by atoms with Gasteiger partial charge in [0.25, 0.3) is 0 Å². The van der Waals surface area contributed by atoms with Gasteiger partial charge in [-0.25, -0.2) is 0 Å². The van der Waals surface area contributed by atoms with Crippen molar-refractivity contribution in [1.29, 1.82) is 0 Å². The van der Waals surface area contributed by atoms with Crippen LogP contribution in [0.5, 0.6) is 0 Å². The second-order valence-corrected chi connectivity index (χ2v) is 28.9. The largest absolute Gasteiger partial charge is 0.363 e.